The molecule has 2 aromatic rings. The first kappa shape index (κ1) is 14.4. The van der Waals surface area contributed by atoms with Crippen LogP contribution in [0.1, 0.15) is 19.3 Å². The summed E-state index contributed by atoms with van der Waals surface area (Å²) in [7, 11) is -3.57. The summed E-state index contributed by atoms with van der Waals surface area (Å²) in [5.41, 5.74) is 6.92. The highest BCUT2D eigenvalue weighted by Crippen LogP contribution is 2.48. The number of aromatic nitrogens is 1. The number of benzene rings is 1. The zero-order valence-electron chi connectivity index (χ0n) is 11.6. The maximum absolute atomic E-state index is 12.4. The van der Waals surface area contributed by atoms with Gasteiger partial charge in [-0.3, -0.25) is 0 Å². The van der Waals surface area contributed by atoms with Crippen LogP contribution in [0.25, 0.3) is 10.9 Å². The zero-order chi connectivity index (χ0) is 15.1. The Bertz CT molecular complexity index is 763. The van der Waals surface area contributed by atoms with Crippen LogP contribution in [0.4, 0.5) is 5.69 Å². The Labute approximate surface area is 123 Å². The maximum atomic E-state index is 12.4. The highest BCUT2D eigenvalue weighted by atomic mass is 32.2. The van der Waals surface area contributed by atoms with Gasteiger partial charge in [-0.1, -0.05) is 0 Å². The molecule has 1 aromatic carbocycles. The third kappa shape index (κ3) is 2.76. The van der Waals surface area contributed by atoms with Crippen molar-refractivity contribution in [1.82, 2.24) is 9.71 Å². The second-order valence-corrected chi connectivity index (χ2v) is 7.49. The molecule has 6 nitrogen and oxygen atoms in total. The van der Waals surface area contributed by atoms with Gasteiger partial charge in [0.2, 0.25) is 10.0 Å². The van der Waals surface area contributed by atoms with Gasteiger partial charge >= 0.3 is 0 Å². The fourth-order valence-electron chi connectivity index (χ4n) is 2.59. The summed E-state index contributed by atoms with van der Waals surface area (Å²) in [4.78, 5) is 3.17. The number of anilines is 1. The van der Waals surface area contributed by atoms with Crippen molar-refractivity contribution in [3.05, 3.63) is 24.4 Å². The van der Waals surface area contributed by atoms with Crippen molar-refractivity contribution in [1.29, 1.82) is 0 Å². The smallest absolute Gasteiger partial charge is 0.242 e. The number of sulfonamides is 1. The maximum Gasteiger partial charge on any atom is 0.242 e. The van der Waals surface area contributed by atoms with Crippen molar-refractivity contribution in [2.45, 2.75) is 24.2 Å². The Morgan fingerprint density at radius 1 is 1.38 bits per heavy atom. The molecule has 5 N–H and O–H groups in total. The second-order valence-electron chi connectivity index (χ2n) is 5.76. The summed E-state index contributed by atoms with van der Waals surface area (Å²) in [6.07, 6.45) is 4.04. The molecule has 0 atom stereocenters. The van der Waals surface area contributed by atoms with Crippen molar-refractivity contribution < 1.29 is 13.5 Å². The zero-order valence-corrected chi connectivity index (χ0v) is 12.4. The second kappa shape index (κ2) is 5.01. The van der Waals surface area contributed by atoms with Gasteiger partial charge in [-0.05, 0) is 42.9 Å². The predicted octanol–water partition coefficient (Wildman–Crippen LogP) is 1.19. The SMILES string of the molecule is Nc1ccc2c(S(=O)(=O)NCC3(CCO)CC3)c[nH]c2c1. The molecule has 114 valence electrons. The van der Waals surface area contributed by atoms with Gasteiger partial charge in [-0.15, -0.1) is 0 Å². The van der Waals surface area contributed by atoms with E-state index in [0.29, 0.717) is 29.6 Å². The minimum absolute atomic E-state index is 0.0572. The lowest BCUT2D eigenvalue weighted by atomic mass is 10.0. The van der Waals surface area contributed by atoms with E-state index in [1.54, 1.807) is 18.2 Å². The van der Waals surface area contributed by atoms with Crippen LogP contribution in [0.5, 0.6) is 0 Å². The Morgan fingerprint density at radius 2 is 2.14 bits per heavy atom. The van der Waals surface area contributed by atoms with Gasteiger partial charge in [0, 0.05) is 35.9 Å². The van der Waals surface area contributed by atoms with Gasteiger partial charge in [-0.2, -0.15) is 0 Å². The van der Waals surface area contributed by atoms with E-state index < -0.39 is 10.0 Å². The third-order valence-electron chi connectivity index (χ3n) is 4.19. The van der Waals surface area contributed by atoms with Crippen molar-refractivity contribution in [3.63, 3.8) is 0 Å². The van der Waals surface area contributed by atoms with Crippen LogP contribution >= 0.6 is 0 Å². The highest BCUT2D eigenvalue weighted by molar-refractivity contribution is 7.89. The number of hydrogen-bond donors (Lipinski definition) is 4. The molecule has 0 bridgehead atoms. The molecule has 3 rings (SSSR count). The molecule has 0 radical (unpaired) electrons. The van der Waals surface area contributed by atoms with E-state index in [2.05, 4.69) is 9.71 Å². The Hall–Kier alpha value is -1.57. The van der Waals surface area contributed by atoms with Crippen molar-refractivity contribution in [2.24, 2.45) is 5.41 Å². The van der Waals surface area contributed by atoms with E-state index in [4.69, 9.17) is 10.8 Å². The van der Waals surface area contributed by atoms with Gasteiger partial charge < -0.3 is 15.8 Å². The normalized spacial score (nSPS) is 17.2. The number of rotatable bonds is 6. The first-order valence-electron chi connectivity index (χ1n) is 6.93. The van der Waals surface area contributed by atoms with Crippen LogP contribution in [0.3, 0.4) is 0 Å². The van der Waals surface area contributed by atoms with Crippen molar-refractivity contribution >= 4 is 26.6 Å². The molecule has 0 unspecified atom stereocenters. The first-order valence-corrected chi connectivity index (χ1v) is 8.41. The van der Waals surface area contributed by atoms with Crippen LogP contribution in [0.2, 0.25) is 0 Å². The molecule has 1 saturated carbocycles. The minimum atomic E-state index is -3.57. The van der Waals surface area contributed by atoms with Gasteiger partial charge in [0.05, 0.1) is 0 Å². The average Bonchev–Trinajstić information content (AvgIpc) is 3.07. The lowest BCUT2D eigenvalue weighted by molar-refractivity contribution is 0.249. The fraction of sp³-hybridized carbons (Fsp3) is 0.429. The molecular weight excluding hydrogens is 290 g/mol. The molecule has 0 amide bonds. The van der Waals surface area contributed by atoms with Gasteiger partial charge in [0.25, 0.3) is 0 Å². The summed E-state index contributed by atoms with van der Waals surface area (Å²) in [6.45, 7) is 0.464. The van der Waals surface area contributed by atoms with Crippen LogP contribution in [0, 0.1) is 5.41 Å². The summed E-state index contributed by atoms with van der Waals surface area (Å²) >= 11 is 0. The largest absolute Gasteiger partial charge is 0.399 e. The Morgan fingerprint density at radius 3 is 2.81 bits per heavy atom. The molecule has 7 heteroatoms. The number of aromatic amines is 1. The molecule has 1 heterocycles. The molecule has 0 aliphatic heterocycles. The van der Waals surface area contributed by atoms with Crippen LogP contribution < -0.4 is 10.5 Å². The molecule has 0 spiro atoms. The number of aliphatic hydroxyl groups excluding tert-OH is 1. The number of nitrogens with two attached hydrogens (primary N) is 1. The van der Waals surface area contributed by atoms with Crippen LogP contribution in [-0.2, 0) is 10.0 Å². The number of nitrogens with one attached hydrogen (secondary N) is 2. The Balaban J connectivity index is 1.83. The number of nitrogen functional groups attached to an aromatic ring is 1. The average molecular weight is 309 g/mol. The molecule has 1 aliphatic rings. The molecular formula is C14H19N3O3S. The van der Waals surface area contributed by atoms with Crippen molar-refractivity contribution in [2.75, 3.05) is 18.9 Å². The molecule has 21 heavy (non-hydrogen) atoms. The van der Waals surface area contributed by atoms with E-state index in [1.807, 2.05) is 0 Å². The van der Waals surface area contributed by atoms with Crippen LogP contribution in [-0.4, -0.2) is 31.7 Å². The first-order chi connectivity index (χ1) is 9.96. The summed E-state index contributed by atoms with van der Waals surface area (Å²) in [5.74, 6) is 0. The van der Waals surface area contributed by atoms with E-state index in [-0.39, 0.29) is 16.9 Å². The van der Waals surface area contributed by atoms with E-state index in [1.165, 1.54) is 6.20 Å². The summed E-state index contributed by atoms with van der Waals surface area (Å²) in [6, 6.07) is 5.10. The third-order valence-corrected chi connectivity index (χ3v) is 5.63. The topological polar surface area (TPSA) is 108 Å². The lowest BCUT2D eigenvalue weighted by Crippen LogP contribution is -2.30. The summed E-state index contributed by atoms with van der Waals surface area (Å²) < 4.78 is 27.6. The fourth-order valence-corrected chi connectivity index (χ4v) is 3.93. The van der Waals surface area contributed by atoms with Gasteiger partial charge in [0.15, 0.2) is 0 Å². The molecule has 1 aromatic heterocycles. The predicted molar refractivity (Wildman–Crippen MR) is 81.3 cm³/mol. The van der Waals surface area contributed by atoms with Crippen molar-refractivity contribution in [3.8, 4) is 0 Å². The number of hydrogen-bond acceptors (Lipinski definition) is 4. The van der Waals surface area contributed by atoms with Gasteiger partial charge in [0.1, 0.15) is 4.90 Å². The van der Waals surface area contributed by atoms with E-state index in [9.17, 15) is 8.42 Å². The van der Waals surface area contributed by atoms with Crippen LogP contribution in [0.15, 0.2) is 29.3 Å². The lowest BCUT2D eigenvalue weighted by Gasteiger charge is -2.14. The monoisotopic (exact) mass is 309 g/mol. The van der Waals surface area contributed by atoms with E-state index >= 15 is 0 Å². The molecule has 1 aliphatic carbocycles. The number of aliphatic hydroxyl groups is 1. The number of fused-ring (bicyclic) bond motifs is 1. The van der Waals surface area contributed by atoms with E-state index in [0.717, 1.165) is 12.8 Å². The standard InChI is InChI=1S/C14H19N3O3S/c15-10-1-2-11-12(7-10)16-8-13(11)21(19,20)17-9-14(3-4-14)5-6-18/h1-2,7-8,16-18H,3-6,9,15H2. The molecule has 0 saturated heterocycles. The van der Waals surface area contributed by atoms with Gasteiger partial charge in [-0.25, -0.2) is 13.1 Å². The number of H-pyrrole nitrogens is 1. The highest BCUT2D eigenvalue weighted by Gasteiger charge is 2.42. The minimum Gasteiger partial charge on any atom is -0.399 e. The quantitative estimate of drug-likeness (QED) is 0.601. The Kier molecular flexibility index (Phi) is 3.43. The molecule has 1 fully saturated rings. The summed E-state index contributed by atoms with van der Waals surface area (Å²) in [5, 5.41) is 9.66.